The Morgan fingerprint density at radius 1 is 1.38 bits per heavy atom. The molecule has 2 atom stereocenters. The summed E-state index contributed by atoms with van der Waals surface area (Å²) >= 11 is 0. The van der Waals surface area contributed by atoms with Crippen LogP contribution in [-0.2, 0) is 11.2 Å². The predicted octanol–water partition coefficient (Wildman–Crippen LogP) is 1.75. The topological polar surface area (TPSA) is 48.9 Å². The first-order chi connectivity index (χ1) is 11.7. The normalized spacial score (nSPS) is 20.1. The lowest BCUT2D eigenvalue weighted by Gasteiger charge is -2.19. The standard InChI is InChI=1S/C19H32N4O/c1-16(15-24-3)22-19(20-2)21-13-18-10-12-23(14-18)11-9-17-7-5-4-6-8-17/h4-8,16,18H,9-15H2,1-3H3,(H2,20,21,22). The summed E-state index contributed by atoms with van der Waals surface area (Å²) in [6.45, 7) is 7.27. The number of nitrogens with one attached hydrogen (secondary N) is 2. The average Bonchev–Trinajstić information content (AvgIpc) is 3.06. The molecule has 134 valence electrons. The SMILES string of the molecule is CN=C(NCC1CCN(CCc2ccccc2)C1)NC(C)COC. The van der Waals surface area contributed by atoms with Gasteiger partial charge in [-0.2, -0.15) is 0 Å². The zero-order valence-electron chi connectivity index (χ0n) is 15.3. The minimum absolute atomic E-state index is 0.257. The van der Waals surface area contributed by atoms with Gasteiger partial charge >= 0.3 is 0 Å². The van der Waals surface area contributed by atoms with Crippen molar-refractivity contribution in [3.63, 3.8) is 0 Å². The number of nitrogens with zero attached hydrogens (tertiary/aromatic N) is 2. The summed E-state index contributed by atoms with van der Waals surface area (Å²) < 4.78 is 5.15. The summed E-state index contributed by atoms with van der Waals surface area (Å²) in [4.78, 5) is 6.86. The van der Waals surface area contributed by atoms with Crippen LogP contribution < -0.4 is 10.6 Å². The maximum Gasteiger partial charge on any atom is 0.191 e. The summed E-state index contributed by atoms with van der Waals surface area (Å²) in [6.07, 6.45) is 2.39. The molecule has 1 aromatic rings. The van der Waals surface area contributed by atoms with E-state index in [0.29, 0.717) is 12.5 Å². The summed E-state index contributed by atoms with van der Waals surface area (Å²) in [5.41, 5.74) is 1.43. The van der Waals surface area contributed by atoms with Crippen molar-refractivity contribution in [1.82, 2.24) is 15.5 Å². The van der Waals surface area contributed by atoms with Crippen LogP contribution in [0.2, 0.25) is 0 Å². The second kappa shape index (κ2) is 10.3. The van der Waals surface area contributed by atoms with Crippen molar-refractivity contribution in [2.75, 3.05) is 46.9 Å². The number of hydrogen-bond acceptors (Lipinski definition) is 3. The van der Waals surface area contributed by atoms with Gasteiger partial charge in [0, 0.05) is 39.8 Å². The number of aliphatic imine (C=N–C) groups is 1. The van der Waals surface area contributed by atoms with Crippen molar-refractivity contribution in [1.29, 1.82) is 0 Å². The van der Waals surface area contributed by atoms with Crippen LogP contribution in [-0.4, -0.2) is 63.8 Å². The van der Waals surface area contributed by atoms with Gasteiger partial charge in [0.05, 0.1) is 6.61 Å². The number of hydrogen-bond donors (Lipinski definition) is 2. The van der Waals surface area contributed by atoms with Crippen molar-refractivity contribution in [2.45, 2.75) is 25.8 Å². The van der Waals surface area contributed by atoms with Crippen LogP contribution >= 0.6 is 0 Å². The van der Waals surface area contributed by atoms with E-state index in [1.165, 1.54) is 25.1 Å². The van der Waals surface area contributed by atoms with Crippen LogP contribution in [0, 0.1) is 5.92 Å². The smallest absolute Gasteiger partial charge is 0.191 e. The third-order valence-electron chi connectivity index (χ3n) is 4.51. The zero-order chi connectivity index (χ0) is 17.2. The third-order valence-corrected chi connectivity index (χ3v) is 4.51. The highest BCUT2D eigenvalue weighted by Crippen LogP contribution is 2.15. The molecule has 0 aliphatic carbocycles. The van der Waals surface area contributed by atoms with Crippen LogP contribution in [0.15, 0.2) is 35.3 Å². The molecule has 0 radical (unpaired) electrons. The number of benzene rings is 1. The van der Waals surface area contributed by atoms with Gasteiger partial charge in [-0.15, -0.1) is 0 Å². The molecule has 24 heavy (non-hydrogen) atoms. The van der Waals surface area contributed by atoms with E-state index in [1.54, 1.807) is 7.11 Å². The van der Waals surface area contributed by atoms with E-state index in [1.807, 2.05) is 7.05 Å². The first-order valence-electron chi connectivity index (χ1n) is 8.93. The molecule has 0 saturated carbocycles. The molecule has 2 rings (SSSR count). The molecule has 0 aromatic heterocycles. The van der Waals surface area contributed by atoms with Crippen molar-refractivity contribution in [2.24, 2.45) is 10.9 Å². The highest BCUT2D eigenvalue weighted by Gasteiger charge is 2.22. The lowest BCUT2D eigenvalue weighted by Crippen LogP contribution is -2.45. The van der Waals surface area contributed by atoms with Crippen LogP contribution in [0.5, 0.6) is 0 Å². The van der Waals surface area contributed by atoms with Gasteiger partial charge in [-0.05, 0) is 37.8 Å². The fourth-order valence-electron chi connectivity index (χ4n) is 3.18. The Labute approximate surface area is 146 Å². The molecule has 1 saturated heterocycles. The van der Waals surface area contributed by atoms with Crippen LogP contribution in [0.4, 0.5) is 0 Å². The largest absolute Gasteiger partial charge is 0.383 e. The Hall–Kier alpha value is -1.59. The Morgan fingerprint density at radius 2 is 2.17 bits per heavy atom. The number of likely N-dealkylation sites (tertiary alicyclic amines) is 1. The number of methoxy groups -OCH3 is 1. The van der Waals surface area contributed by atoms with Gasteiger partial charge in [0.1, 0.15) is 0 Å². The fraction of sp³-hybridized carbons (Fsp3) is 0.632. The van der Waals surface area contributed by atoms with E-state index in [2.05, 4.69) is 57.8 Å². The summed E-state index contributed by atoms with van der Waals surface area (Å²) in [6, 6.07) is 11.0. The van der Waals surface area contributed by atoms with Crippen LogP contribution in [0.25, 0.3) is 0 Å². The molecule has 0 bridgehead atoms. The van der Waals surface area contributed by atoms with Crippen molar-refractivity contribution in [3.05, 3.63) is 35.9 Å². The minimum atomic E-state index is 0.257. The molecular weight excluding hydrogens is 300 g/mol. The molecule has 5 nitrogen and oxygen atoms in total. The molecule has 5 heteroatoms. The third kappa shape index (κ3) is 6.49. The van der Waals surface area contributed by atoms with Crippen molar-refractivity contribution >= 4 is 5.96 Å². The Balaban J connectivity index is 1.66. The van der Waals surface area contributed by atoms with Gasteiger partial charge in [-0.1, -0.05) is 30.3 Å². The highest BCUT2D eigenvalue weighted by atomic mass is 16.5. The monoisotopic (exact) mass is 332 g/mol. The molecule has 2 N–H and O–H groups in total. The highest BCUT2D eigenvalue weighted by molar-refractivity contribution is 5.79. The van der Waals surface area contributed by atoms with Gasteiger partial charge in [0.2, 0.25) is 0 Å². The van der Waals surface area contributed by atoms with Crippen molar-refractivity contribution < 1.29 is 4.74 Å². The van der Waals surface area contributed by atoms with Gasteiger partial charge in [0.15, 0.2) is 5.96 Å². The molecule has 0 spiro atoms. The van der Waals surface area contributed by atoms with E-state index in [4.69, 9.17) is 4.74 Å². The number of guanidine groups is 1. The van der Waals surface area contributed by atoms with Crippen LogP contribution in [0.3, 0.4) is 0 Å². The fourth-order valence-corrected chi connectivity index (χ4v) is 3.18. The van der Waals surface area contributed by atoms with E-state index in [-0.39, 0.29) is 6.04 Å². The second-order valence-electron chi connectivity index (χ2n) is 6.64. The van der Waals surface area contributed by atoms with E-state index in [0.717, 1.165) is 25.5 Å². The molecule has 2 unspecified atom stereocenters. The quantitative estimate of drug-likeness (QED) is 0.562. The van der Waals surface area contributed by atoms with E-state index in [9.17, 15) is 0 Å². The van der Waals surface area contributed by atoms with E-state index < -0.39 is 0 Å². The Morgan fingerprint density at radius 3 is 2.88 bits per heavy atom. The van der Waals surface area contributed by atoms with Gasteiger partial charge in [-0.3, -0.25) is 4.99 Å². The first kappa shape index (κ1) is 18.7. The molecule has 1 heterocycles. The summed E-state index contributed by atoms with van der Waals surface area (Å²) in [5, 5.41) is 6.80. The molecule has 1 aromatic carbocycles. The van der Waals surface area contributed by atoms with Gasteiger partial charge < -0.3 is 20.3 Å². The maximum atomic E-state index is 5.15. The Bertz CT molecular complexity index is 491. The van der Waals surface area contributed by atoms with Crippen LogP contribution in [0.1, 0.15) is 18.9 Å². The number of rotatable bonds is 8. The Kier molecular flexibility index (Phi) is 8.05. The molecule has 0 amide bonds. The average molecular weight is 332 g/mol. The van der Waals surface area contributed by atoms with Gasteiger partial charge in [-0.25, -0.2) is 0 Å². The minimum Gasteiger partial charge on any atom is -0.383 e. The summed E-state index contributed by atoms with van der Waals surface area (Å²) in [7, 11) is 3.53. The molecule has 1 aliphatic rings. The zero-order valence-corrected chi connectivity index (χ0v) is 15.3. The molecule has 1 fully saturated rings. The maximum absolute atomic E-state index is 5.15. The predicted molar refractivity (Wildman–Crippen MR) is 101 cm³/mol. The molecular formula is C19H32N4O. The van der Waals surface area contributed by atoms with Crippen molar-refractivity contribution in [3.8, 4) is 0 Å². The summed E-state index contributed by atoms with van der Waals surface area (Å²) in [5.74, 6) is 1.55. The first-order valence-corrected chi connectivity index (χ1v) is 8.93. The molecule has 1 aliphatic heterocycles. The van der Waals surface area contributed by atoms with Gasteiger partial charge in [0.25, 0.3) is 0 Å². The second-order valence-corrected chi connectivity index (χ2v) is 6.64. The number of ether oxygens (including phenoxy) is 1. The van der Waals surface area contributed by atoms with E-state index >= 15 is 0 Å². The lowest BCUT2D eigenvalue weighted by molar-refractivity contribution is 0.179. The lowest BCUT2D eigenvalue weighted by atomic mass is 10.1.